The van der Waals surface area contributed by atoms with Crippen molar-refractivity contribution in [1.29, 1.82) is 0 Å². The van der Waals surface area contributed by atoms with E-state index in [4.69, 9.17) is 0 Å². The van der Waals surface area contributed by atoms with Crippen molar-refractivity contribution in [2.24, 2.45) is 17.3 Å². The summed E-state index contributed by atoms with van der Waals surface area (Å²) in [6, 6.07) is 3.59. The number of amides is 2. The summed E-state index contributed by atoms with van der Waals surface area (Å²) in [5, 5.41) is 10.1. The van der Waals surface area contributed by atoms with Gasteiger partial charge in [0.05, 0.1) is 5.56 Å². The highest BCUT2D eigenvalue weighted by molar-refractivity contribution is 6.01. The van der Waals surface area contributed by atoms with Gasteiger partial charge in [0.25, 0.3) is 5.91 Å². The van der Waals surface area contributed by atoms with Crippen molar-refractivity contribution in [2.75, 3.05) is 31.5 Å². The molecule has 5 aliphatic rings. The third kappa shape index (κ3) is 3.37. The zero-order valence-corrected chi connectivity index (χ0v) is 17.9. The topological polar surface area (TPSA) is 86.4 Å². The van der Waals surface area contributed by atoms with Crippen LogP contribution in [0.1, 0.15) is 62.2 Å². The summed E-state index contributed by atoms with van der Waals surface area (Å²) in [7, 11) is 0. The number of hydrogen-bond donors (Lipinski definition) is 3. The molecule has 162 valence electrons. The van der Waals surface area contributed by atoms with Crippen LogP contribution in [-0.2, 0) is 4.79 Å². The van der Waals surface area contributed by atoms with Crippen LogP contribution in [0.25, 0.3) is 0 Å². The van der Waals surface area contributed by atoms with Crippen molar-refractivity contribution in [1.82, 2.24) is 20.5 Å². The Balaban J connectivity index is 1.26. The second kappa shape index (κ2) is 7.52. The molecular weight excluding hydrogens is 378 g/mol. The molecule has 3 saturated carbocycles. The number of hydrogen-bond acceptors (Lipinski definition) is 5. The van der Waals surface area contributed by atoms with Crippen molar-refractivity contribution < 1.29 is 9.59 Å². The number of carbonyl (C=O) groups excluding carboxylic acids is 2. The van der Waals surface area contributed by atoms with Crippen molar-refractivity contribution in [3.8, 4) is 0 Å². The normalized spacial score (nSPS) is 35.4. The number of aromatic nitrogens is 1. The SMILES string of the molecule is C[C@@]12CC[C@@H](C[C@@H]1C(=O)NCCN1CCCCC1)[C@@]1(C2)NC(=O)c2cccnc2N1. The number of rotatable bonds is 4. The largest absolute Gasteiger partial charge is 0.355 e. The van der Waals surface area contributed by atoms with E-state index in [1.165, 1.54) is 19.3 Å². The molecule has 3 heterocycles. The molecule has 1 spiro atoms. The minimum absolute atomic E-state index is 0.00654. The highest BCUT2D eigenvalue weighted by Crippen LogP contribution is 2.58. The number of carbonyl (C=O) groups is 2. The molecule has 1 aromatic rings. The standard InChI is InChI=1S/C23H33N5O2/c1-22-8-7-16(14-18(22)21(30)25-10-13-28-11-3-2-4-12-28)23(15-22)26-19-17(20(29)27-23)6-5-9-24-19/h5-6,9,16,18H,2-4,7-8,10-15H2,1H3,(H,24,26)(H,25,30)(H,27,29)/t16-,18+,22-,23+/m0/s1. The Labute approximate surface area is 178 Å². The van der Waals surface area contributed by atoms with Gasteiger partial charge in [0.2, 0.25) is 5.91 Å². The number of piperidine rings is 1. The Morgan fingerprint density at radius 2 is 2.13 bits per heavy atom. The molecule has 2 amide bonds. The van der Waals surface area contributed by atoms with Crippen LogP contribution in [0.4, 0.5) is 5.82 Å². The zero-order valence-electron chi connectivity index (χ0n) is 17.9. The minimum Gasteiger partial charge on any atom is -0.355 e. The fraction of sp³-hybridized carbons (Fsp3) is 0.696. The first-order valence-electron chi connectivity index (χ1n) is 11.5. The summed E-state index contributed by atoms with van der Waals surface area (Å²) in [4.78, 5) is 32.8. The predicted octanol–water partition coefficient (Wildman–Crippen LogP) is 2.36. The van der Waals surface area contributed by atoms with Gasteiger partial charge in [-0.1, -0.05) is 13.3 Å². The summed E-state index contributed by atoms with van der Waals surface area (Å²) in [6.07, 6.45) is 9.21. The van der Waals surface area contributed by atoms with Crippen LogP contribution in [-0.4, -0.2) is 53.5 Å². The summed E-state index contributed by atoms with van der Waals surface area (Å²) in [5.74, 6) is 1.04. The van der Waals surface area contributed by atoms with Crippen LogP contribution in [0.5, 0.6) is 0 Å². The lowest BCUT2D eigenvalue weighted by Gasteiger charge is -2.60. The van der Waals surface area contributed by atoms with Gasteiger partial charge in [0, 0.05) is 31.1 Å². The molecule has 3 aliphatic carbocycles. The van der Waals surface area contributed by atoms with Crippen LogP contribution < -0.4 is 16.0 Å². The molecule has 0 aromatic carbocycles. The van der Waals surface area contributed by atoms with E-state index in [2.05, 4.69) is 32.8 Å². The number of likely N-dealkylation sites (tertiary alicyclic amines) is 1. The van der Waals surface area contributed by atoms with E-state index in [0.29, 0.717) is 11.4 Å². The van der Waals surface area contributed by atoms with Crippen molar-refractivity contribution in [2.45, 2.75) is 57.5 Å². The fourth-order valence-electron chi connectivity index (χ4n) is 6.37. The Morgan fingerprint density at radius 3 is 2.93 bits per heavy atom. The smallest absolute Gasteiger partial charge is 0.256 e. The van der Waals surface area contributed by atoms with Crippen LogP contribution >= 0.6 is 0 Å². The summed E-state index contributed by atoms with van der Waals surface area (Å²) in [5.41, 5.74) is -0.0197. The molecule has 1 aromatic heterocycles. The van der Waals surface area contributed by atoms with Gasteiger partial charge < -0.3 is 20.9 Å². The van der Waals surface area contributed by atoms with E-state index in [0.717, 1.165) is 51.9 Å². The lowest BCUT2D eigenvalue weighted by Crippen LogP contribution is -2.70. The summed E-state index contributed by atoms with van der Waals surface area (Å²) < 4.78 is 0. The summed E-state index contributed by atoms with van der Waals surface area (Å²) >= 11 is 0. The quantitative estimate of drug-likeness (QED) is 0.708. The van der Waals surface area contributed by atoms with E-state index in [1.807, 2.05) is 0 Å². The molecule has 4 atom stereocenters. The molecule has 7 nitrogen and oxygen atoms in total. The maximum atomic E-state index is 13.1. The van der Waals surface area contributed by atoms with E-state index in [-0.39, 0.29) is 29.1 Å². The van der Waals surface area contributed by atoms with Gasteiger partial charge in [-0.25, -0.2) is 4.98 Å². The molecule has 0 unspecified atom stereocenters. The number of fused-ring (bicyclic) bond motifs is 3. The monoisotopic (exact) mass is 411 g/mol. The van der Waals surface area contributed by atoms with E-state index in [1.54, 1.807) is 18.3 Å². The molecule has 1 saturated heterocycles. The molecule has 6 rings (SSSR count). The van der Waals surface area contributed by atoms with Crippen molar-refractivity contribution in [3.63, 3.8) is 0 Å². The second-order valence-electron chi connectivity index (χ2n) is 10.00. The van der Waals surface area contributed by atoms with Gasteiger partial charge in [0.15, 0.2) is 0 Å². The fourth-order valence-corrected chi connectivity index (χ4v) is 6.37. The Hall–Kier alpha value is -2.15. The molecule has 30 heavy (non-hydrogen) atoms. The molecule has 2 bridgehead atoms. The Bertz CT molecular complexity index is 839. The van der Waals surface area contributed by atoms with Gasteiger partial charge >= 0.3 is 0 Å². The number of anilines is 1. The van der Waals surface area contributed by atoms with Crippen molar-refractivity contribution in [3.05, 3.63) is 23.9 Å². The van der Waals surface area contributed by atoms with Gasteiger partial charge in [-0.15, -0.1) is 0 Å². The summed E-state index contributed by atoms with van der Waals surface area (Å²) in [6.45, 7) is 6.21. The second-order valence-corrected chi connectivity index (χ2v) is 10.00. The maximum Gasteiger partial charge on any atom is 0.256 e. The van der Waals surface area contributed by atoms with Gasteiger partial charge in [-0.3, -0.25) is 9.59 Å². The number of pyridine rings is 1. The third-order valence-corrected chi connectivity index (χ3v) is 8.03. The van der Waals surface area contributed by atoms with E-state index in [9.17, 15) is 9.59 Å². The Kier molecular flexibility index (Phi) is 4.96. The first-order valence-corrected chi connectivity index (χ1v) is 11.5. The van der Waals surface area contributed by atoms with Gasteiger partial charge in [-0.2, -0.15) is 0 Å². The average molecular weight is 412 g/mol. The van der Waals surface area contributed by atoms with E-state index < -0.39 is 5.66 Å². The van der Waals surface area contributed by atoms with Crippen molar-refractivity contribution >= 4 is 17.6 Å². The molecular formula is C23H33N5O2. The molecule has 3 N–H and O–H groups in total. The van der Waals surface area contributed by atoms with Crippen LogP contribution in [0.15, 0.2) is 18.3 Å². The minimum atomic E-state index is -0.490. The lowest BCUT2D eigenvalue weighted by molar-refractivity contribution is -0.139. The number of nitrogens with zero attached hydrogens (tertiary/aromatic N) is 2. The van der Waals surface area contributed by atoms with Crippen LogP contribution in [0, 0.1) is 17.3 Å². The highest BCUT2D eigenvalue weighted by atomic mass is 16.2. The molecule has 2 aliphatic heterocycles. The van der Waals surface area contributed by atoms with Crippen LogP contribution in [0.3, 0.4) is 0 Å². The van der Waals surface area contributed by atoms with Crippen LogP contribution in [0.2, 0.25) is 0 Å². The van der Waals surface area contributed by atoms with Gasteiger partial charge in [0.1, 0.15) is 11.5 Å². The highest BCUT2D eigenvalue weighted by Gasteiger charge is 2.60. The first kappa shape index (κ1) is 19.8. The van der Waals surface area contributed by atoms with E-state index >= 15 is 0 Å². The Morgan fingerprint density at radius 1 is 1.30 bits per heavy atom. The molecule has 0 radical (unpaired) electrons. The average Bonchev–Trinajstić information content (AvgIpc) is 2.74. The predicted molar refractivity (Wildman–Crippen MR) is 115 cm³/mol. The third-order valence-electron chi connectivity index (χ3n) is 8.03. The number of nitrogens with one attached hydrogen (secondary N) is 3. The maximum absolute atomic E-state index is 13.1. The lowest BCUT2D eigenvalue weighted by atomic mass is 9.51. The molecule has 4 fully saturated rings. The van der Waals surface area contributed by atoms with Gasteiger partial charge in [-0.05, 0) is 69.2 Å². The first-order chi connectivity index (χ1) is 14.5. The molecule has 7 heteroatoms. The zero-order chi connectivity index (χ0) is 20.8.